The molecule has 0 spiro atoms. The van der Waals surface area contributed by atoms with Crippen molar-refractivity contribution < 1.29 is 14.3 Å². The van der Waals surface area contributed by atoms with Gasteiger partial charge in [-0.25, -0.2) is 0 Å². The summed E-state index contributed by atoms with van der Waals surface area (Å²) >= 11 is 0. The monoisotopic (exact) mass is 251 g/mol. The van der Waals surface area contributed by atoms with Crippen LogP contribution in [-0.2, 0) is 4.79 Å². The number of ether oxygens (including phenoxy) is 2. The smallest absolute Gasteiger partial charge is 0.257 e. The van der Waals surface area contributed by atoms with Gasteiger partial charge in [-0.1, -0.05) is 31.9 Å². The molecule has 0 fully saturated rings. The van der Waals surface area contributed by atoms with Crippen molar-refractivity contribution in [3.05, 3.63) is 24.3 Å². The van der Waals surface area contributed by atoms with E-state index >= 15 is 0 Å². The Hall–Kier alpha value is -1.71. The van der Waals surface area contributed by atoms with Crippen molar-refractivity contribution in [1.29, 1.82) is 0 Å². The van der Waals surface area contributed by atoms with Crippen LogP contribution in [0.3, 0.4) is 0 Å². The minimum atomic E-state index is -0.1000. The molecular weight excluding hydrogens is 230 g/mol. The lowest BCUT2D eigenvalue weighted by atomic mass is 10.2. The average Bonchev–Trinajstić information content (AvgIpc) is 2.41. The fourth-order valence-corrected chi connectivity index (χ4v) is 1.54. The summed E-state index contributed by atoms with van der Waals surface area (Å²) < 4.78 is 10.5. The van der Waals surface area contributed by atoms with Crippen LogP contribution in [0.5, 0.6) is 11.5 Å². The predicted molar refractivity (Wildman–Crippen MR) is 71.0 cm³/mol. The molecule has 0 aliphatic rings. The van der Waals surface area contributed by atoms with Gasteiger partial charge in [-0.2, -0.15) is 0 Å². The molecule has 0 aliphatic heterocycles. The van der Waals surface area contributed by atoms with Crippen molar-refractivity contribution in [1.82, 2.24) is 5.32 Å². The number of amides is 1. The molecule has 100 valence electrons. The minimum Gasteiger partial charge on any atom is -0.493 e. The molecule has 18 heavy (non-hydrogen) atoms. The molecular formula is C14H21NO3. The lowest BCUT2D eigenvalue weighted by molar-refractivity contribution is -0.123. The Labute approximate surface area is 108 Å². The number of unbranched alkanes of at least 4 members (excludes halogenated alkanes) is 2. The van der Waals surface area contributed by atoms with E-state index < -0.39 is 0 Å². The highest BCUT2D eigenvalue weighted by molar-refractivity contribution is 5.77. The van der Waals surface area contributed by atoms with E-state index in [1.54, 1.807) is 19.2 Å². The second kappa shape index (κ2) is 8.39. The van der Waals surface area contributed by atoms with Crippen molar-refractivity contribution >= 4 is 5.91 Å². The summed E-state index contributed by atoms with van der Waals surface area (Å²) in [5, 5.41) is 2.82. The van der Waals surface area contributed by atoms with E-state index in [4.69, 9.17) is 9.47 Å². The van der Waals surface area contributed by atoms with Gasteiger partial charge in [0.05, 0.1) is 7.11 Å². The fraction of sp³-hybridized carbons (Fsp3) is 0.500. The van der Waals surface area contributed by atoms with Crippen molar-refractivity contribution in [3.63, 3.8) is 0 Å². The van der Waals surface area contributed by atoms with Gasteiger partial charge in [0, 0.05) is 6.54 Å². The predicted octanol–water partition coefficient (Wildman–Crippen LogP) is 2.38. The number of carbonyl (C=O) groups excluding carboxylic acids is 1. The van der Waals surface area contributed by atoms with Crippen LogP contribution in [0, 0.1) is 0 Å². The zero-order chi connectivity index (χ0) is 13.2. The molecule has 0 saturated heterocycles. The normalized spacial score (nSPS) is 9.89. The van der Waals surface area contributed by atoms with Crippen LogP contribution in [-0.4, -0.2) is 26.2 Å². The van der Waals surface area contributed by atoms with E-state index in [0.29, 0.717) is 18.0 Å². The Kier molecular flexibility index (Phi) is 6.69. The third-order valence-corrected chi connectivity index (χ3v) is 2.53. The Morgan fingerprint density at radius 3 is 2.61 bits per heavy atom. The van der Waals surface area contributed by atoms with E-state index in [1.807, 2.05) is 12.1 Å². The van der Waals surface area contributed by atoms with E-state index in [-0.39, 0.29) is 12.5 Å². The molecule has 0 aromatic heterocycles. The molecule has 0 aliphatic carbocycles. The van der Waals surface area contributed by atoms with Gasteiger partial charge in [0.15, 0.2) is 18.1 Å². The van der Waals surface area contributed by atoms with E-state index in [2.05, 4.69) is 12.2 Å². The SMILES string of the molecule is CCCCCNC(=O)COc1ccccc1OC. The zero-order valence-electron chi connectivity index (χ0n) is 11.1. The van der Waals surface area contributed by atoms with Crippen molar-refractivity contribution in [2.45, 2.75) is 26.2 Å². The van der Waals surface area contributed by atoms with Crippen LogP contribution >= 0.6 is 0 Å². The van der Waals surface area contributed by atoms with Gasteiger partial charge in [0.2, 0.25) is 0 Å². The Morgan fingerprint density at radius 1 is 1.22 bits per heavy atom. The van der Waals surface area contributed by atoms with Gasteiger partial charge in [-0.3, -0.25) is 4.79 Å². The lowest BCUT2D eigenvalue weighted by Gasteiger charge is -2.10. The second-order valence-corrected chi connectivity index (χ2v) is 4.00. The standard InChI is InChI=1S/C14H21NO3/c1-3-4-7-10-15-14(16)11-18-13-9-6-5-8-12(13)17-2/h5-6,8-9H,3-4,7,10-11H2,1-2H3,(H,15,16). The van der Waals surface area contributed by atoms with Crippen molar-refractivity contribution in [2.24, 2.45) is 0 Å². The highest BCUT2D eigenvalue weighted by Gasteiger charge is 2.05. The number of rotatable bonds is 8. The molecule has 0 bridgehead atoms. The molecule has 0 radical (unpaired) electrons. The van der Waals surface area contributed by atoms with Crippen molar-refractivity contribution in [3.8, 4) is 11.5 Å². The Balaban J connectivity index is 2.29. The van der Waals surface area contributed by atoms with Crippen LogP contribution < -0.4 is 14.8 Å². The first kappa shape index (κ1) is 14.4. The van der Waals surface area contributed by atoms with Crippen LogP contribution in [0.2, 0.25) is 0 Å². The molecule has 1 N–H and O–H groups in total. The maximum atomic E-state index is 11.5. The molecule has 1 aromatic rings. The number of methoxy groups -OCH3 is 1. The van der Waals surface area contributed by atoms with Gasteiger partial charge in [0.25, 0.3) is 5.91 Å². The number of hydrogen-bond acceptors (Lipinski definition) is 3. The highest BCUT2D eigenvalue weighted by Crippen LogP contribution is 2.25. The van der Waals surface area contributed by atoms with Gasteiger partial charge in [0.1, 0.15) is 0 Å². The van der Waals surface area contributed by atoms with Gasteiger partial charge in [-0.15, -0.1) is 0 Å². The molecule has 0 atom stereocenters. The number of benzene rings is 1. The number of nitrogens with one attached hydrogen (secondary N) is 1. The van der Waals surface area contributed by atoms with E-state index in [1.165, 1.54) is 0 Å². The summed E-state index contributed by atoms with van der Waals surface area (Å²) in [4.78, 5) is 11.5. The summed E-state index contributed by atoms with van der Waals surface area (Å²) in [6, 6.07) is 7.28. The van der Waals surface area contributed by atoms with Crippen LogP contribution in [0.4, 0.5) is 0 Å². The zero-order valence-corrected chi connectivity index (χ0v) is 11.1. The topological polar surface area (TPSA) is 47.6 Å². The second-order valence-electron chi connectivity index (χ2n) is 4.00. The quantitative estimate of drug-likeness (QED) is 0.722. The summed E-state index contributed by atoms with van der Waals surface area (Å²) in [7, 11) is 1.58. The van der Waals surface area contributed by atoms with Crippen molar-refractivity contribution in [2.75, 3.05) is 20.3 Å². The molecule has 0 unspecified atom stereocenters. The molecule has 1 amide bonds. The van der Waals surface area contributed by atoms with Crippen LogP contribution in [0.15, 0.2) is 24.3 Å². The van der Waals surface area contributed by atoms with Gasteiger partial charge >= 0.3 is 0 Å². The summed E-state index contributed by atoms with van der Waals surface area (Å²) in [5.41, 5.74) is 0. The molecule has 4 nitrogen and oxygen atoms in total. The largest absolute Gasteiger partial charge is 0.493 e. The van der Waals surface area contributed by atoms with Crippen LogP contribution in [0.1, 0.15) is 26.2 Å². The Bertz CT molecular complexity index is 366. The van der Waals surface area contributed by atoms with Crippen LogP contribution in [0.25, 0.3) is 0 Å². The molecule has 0 saturated carbocycles. The lowest BCUT2D eigenvalue weighted by Crippen LogP contribution is -2.29. The van der Waals surface area contributed by atoms with E-state index in [0.717, 1.165) is 19.3 Å². The summed E-state index contributed by atoms with van der Waals surface area (Å²) in [6.07, 6.45) is 3.29. The Morgan fingerprint density at radius 2 is 1.94 bits per heavy atom. The number of hydrogen-bond donors (Lipinski definition) is 1. The number of carbonyl (C=O) groups is 1. The first-order chi connectivity index (χ1) is 8.77. The maximum Gasteiger partial charge on any atom is 0.257 e. The van der Waals surface area contributed by atoms with E-state index in [9.17, 15) is 4.79 Å². The maximum absolute atomic E-state index is 11.5. The third kappa shape index (κ3) is 5.08. The number of para-hydroxylation sites is 2. The molecule has 1 rings (SSSR count). The molecule has 1 aromatic carbocycles. The average molecular weight is 251 g/mol. The van der Waals surface area contributed by atoms with Gasteiger partial charge in [-0.05, 0) is 18.6 Å². The summed E-state index contributed by atoms with van der Waals surface area (Å²) in [6.45, 7) is 2.86. The van der Waals surface area contributed by atoms with Gasteiger partial charge < -0.3 is 14.8 Å². The third-order valence-electron chi connectivity index (χ3n) is 2.53. The first-order valence-electron chi connectivity index (χ1n) is 6.30. The fourth-order valence-electron chi connectivity index (χ4n) is 1.54. The molecule has 4 heteroatoms. The minimum absolute atomic E-state index is 0.0203. The molecule has 0 heterocycles. The summed E-state index contributed by atoms with van der Waals surface area (Å²) in [5.74, 6) is 1.12. The highest BCUT2D eigenvalue weighted by atomic mass is 16.5. The first-order valence-corrected chi connectivity index (χ1v) is 6.30.